The summed E-state index contributed by atoms with van der Waals surface area (Å²) in [5.74, 6) is 0. The summed E-state index contributed by atoms with van der Waals surface area (Å²) in [4.78, 5) is 3.97. The third kappa shape index (κ3) is 5.38. The molecule has 0 radical (unpaired) electrons. The van der Waals surface area contributed by atoms with Gasteiger partial charge in [0.2, 0.25) is 0 Å². The zero-order valence-corrected chi connectivity index (χ0v) is 18.6. The molecule has 2 heterocycles. The van der Waals surface area contributed by atoms with Crippen molar-refractivity contribution < 1.29 is 5.11 Å². The monoisotopic (exact) mass is 472 g/mol. The molecule has 0 saturated carbocycles. The molecule has 1 unspecified atom stereocenters. The lowest BCUT2D eigenvalue weighted by Crippen LogP contribution is -2.36. The fourth-order valence-electron chi connectivity index (χ4n) is 3.39. The van der Waals surface area contributed by atoms with E-state index >= 15 is 0 Å². The van der Waals surface area contributed by atoms with Crippen LogP contribution in [0.3, 0.4) is 0 Å². The molecule has 0 aliphatic heterocycles. The lowest BCUT2D eigenvalue weighted by Gasteiger charge is -2.30. The van der Waals surface area contributed by atoms with E-state index in [-0.39, 0.29) is 13.1 Å². The normalized spacial score (nSPS) is 13.5. The van der Waals surface area contributed by atoms with Gasteiger partial charge in [-0.1, -0.05) is 65.2 Å². The van der Waals surface area contributed by atoms with Gasteiger partial charge in [-0.25, -0.2) is 9.67 Å². The molecule has 31 heavy (non-hydrogen) atoms. The molecule has 0 fully saturated rings. The van der Waals surface area contributed by atoms with E-state index in [0.29, 0.717) is 20.6 Å². The van der Waals surface area contributed by atoms with Crippen LogP contribution in [0.1, 0.15) is 16.7 Å². The Balaban J connectivity index is 1.59. The van der Waals surface area contributed by atoms with Crippen molar-refractivity contribution in [2.45, 2.75) is 18.7 Å². The van der Waals surface area contributed by atoms with Crippen LogP contribution in [0.5, 0.6) is 0 Å². The Bertz CT molecular complexity index is 1190. The SMILES string of the molecule is OC(Cn1ccc(/C=C/c2ccc(Cl)cc2)c1)(Cn1cncn1)c1ccc(Cl)cc1Cl. The van der Waals surface area contributed by atoms with E-state index in [1.807, 2.05) is 59.4 Å². The summed E-state index contributed by atoms with van der Waals surface area (Å²) in [6.07, 6.45) is 10.9. The molecule has 0 spiro atoms. The average molecular weight is 474 g/mol. The van der Waals surface area contributed by atoms with Crippen molar-refractivity contribution in [2.24, 2.45) is 0 Å². The number of aromatic nitrogens is 4. The highest BCUT2D eigenvalue weighted by atomic mass is 35.5. The summed E-state index contributed by atoms with van der Waals surface area (Å²) in [6.45, 7) is 0.450. The zero-order valence-electron chi connectivity index (χ0n) is 16.4. The Morgan fingerprint density at radius 1 is 0.903 bits per heavy atom. The van der Waals surface area contributed by atoms with Gasteiger partial charge in [0.25, 0.3) is 0 Å². The van der Waals surface area contributed by atoms with Crippen LogP contribution in [0, 0.1) is 0 Å². The molecule has 1 atom stereocenters. The van der Waals surface area contributed by atoms with E-state index in [1.165, 1.54) is 6.33 Å². The Kier molecular flexibility index (Phi) is 6.49. The van der Waals surface area contributed by atoms with Crippen LogP contribution in [0.25, 0.3) is 12.2 Å². The maximum atomic E-state index is 11.7. The summed E-state index contributed by atoms with van der Waals surface area (Å²) < 4.78 is 3.50. The molecule has 0 saturated heterocycles. The van der Waals surface area contributed by atoms with E-state index in [2.05, 4.69) is 10.1 Å². The van der Waals surface area contributed by atoms with Crippen molar-refractivity contribution in [3.05, 3.63) is 105 Å². The molecule has 2 aromatic heterocycles. The van der Waals surface area contributed by atoms with Crippen molar-refractivity contribution in [3.8, 4) is 0 Å². The minimum absolute atomic E-state index is 0.183. The maximum absolute atomic E-state index is 11.7. The first-order valence-electron chi connectivity index (χ1n) is 9.51. The topological polar surface area (TPSA) is 55.9 Å². The first-order valence-corrected chi connectivity index (χ1v) is 10.6. The van der Waals surface area contributed by atoms with Gasteiger partial charge in [0, 0.05) is 33.0 Å². The molecule has 2 aromatic carbocycles. The summed E-state index contributed by atoms with van der Waals surface area (Å²) in [5, 5.41) is 17.4. The van der Waals surface area contributed by atoms with Crippen LogP contribution < -0.4 is 0 Å². The number of nitrogens with zero attached hydrogens (tertiary/aromatic N) is 4. The Morgan fingerprint density at radius 2 is 1.65 bits per heavy atom. The molecule has 8 heteroatoms. The molecule has 0 bridgehead atoms. The van der Waals surface area contributed by atoms with Crippen LogP contribution in [0.4, 0.5) is 0 Å². The molecule has 4 aromatic rings. The number of aliphatic hydroxyl groups is 1. The molecular weight excluding hydrogens is 455 g/mol. The molecule has 0 amide bonds. The lowest BCUT2D eigenvalue weighted by molar-refractivity contribution is -0.00204. The third-order valence-electron chi connectivity index (χ3n) is 4.88. The number of rotatable bonds is 7. The van der Waals surface area contributed by atoms with Crippen LogP contribution in [-0.2, 0) is 18.7 Å². The van der Waals surface area contributed by atoms with Crippen molar-refractivity contribution in [3.63, 3.8) is 0 Å². The standard InChI is InChI=1S/C23H19Cl3N4O/c24-19-5-3-17(4-6-19)1-2-18-9-10-29(12-18)13-23(31,14-30-16-27-15-28-30)21-8-7-20(25)11-22(21)26/h1-12,15-16,31H,13-14H2/b2-1+. The summed E-state index contributed by atoms with van der Waals surface area (Å²) >= 11 is 18.4. The number of hydrogen-bond acceptors (Lipinski definition) is 3. The van der Waals surface area contributed by atoms with Gasteiger partial charge in [0.05, 0.1) is 13.1 Å². The fourth-order valence-corrected chi connectivity index (χ4v) is 4.10. The first kappa shape index (κ1) is 21.7. The third-order valence-corrected chi connectivity index (χ3v) is 5.68. The van der Waals surface area contributed by atoms with Gasteiger partial charge in [-0.15, -0.1) is 0 Å². The smallest absolute Gasteiger partial charge is 0.137 e. The molecule has 0 aliphatic carbocycles. The van der Waals surface area contributed by atoms with E-state index in [1.54, 1.807) is 29.2 Å². The quantitative estimate of drug-likeness (QED) is 0.369. The molecule has 1 N–H and O–H groups in total. The summed E-state index contributed by atoms with van der Waals surface area (Å²) in [5.41, 5.74) is 1.29. The van der Waals surface area contributed by atoms with Gasteiger partial charge in [0.1, 0.15) is 18.3 Å². The molecular formula is C23H19Cl3N4O. The summed E-state index contributed by atoms with van der Waals surface area (Å²) in [7, 11) is 0. The van der Waals surface area contributed by atoms with Crippen molar-refractivity contribution in [2.75, 3.05) is 0 Å². The second-order valence-electron chi connectivity index (χ2n) is 7.25. The highest BCUT2D eigenvalue weighted by Crippen LogP contribution is 2.33. The largest absolute Gasteiger partial charge is 0.381 e. The van der Waals surface area contributed by atoms with E-state index in [4.69, 9.17) is 34.8 Å². The van der Waals surface area contributed by atoms with Gasteiger partial charge in [0.15, 0.2) is 0 Å². The van der Waals surface area contributed by atoms with Crippen LogP contribution in [-0.4, -0.2) is 24.4 Å². The second kappa shape index (κ2) is 9.28. The zero-order chi connectivity index (χ0) is 21.8. The van der Waals surface area contributed by atoms with E-state index in [0.717, 1.165) is 11.1 Å². The average Bonchev–Trinajstić information content (AvgIpc) is 3.39. The van der Waals surface area contributed by atoms with E-state index < -0.39 is 5.60 Å². The Hall–Kier alpha value is -2.57. The van der Waals surface area contributed by atoms with Crippen molar-refractivity contribution >= 4 is 47.0 Å². The molecule has 4 rings (SSSR count). The number of hydrogen-bond donors (Lipinski definition) is 1. The maximum Gasteiger partial charge on any atom is 0.137 e. The second-order valence-corrected chi connectivity index (χ2v) is 8.53. The lowest BCUT2D eigenvalue weighted by atomic mass is 9.93. The van der Waals surface area contributed by atoms with Crippen LogP contribution in [0.2, 0.25) is 15.1 Å². The van der Waals surface area contributed by atoms with Crippen LogP contribution in [0.15, 0.2) is 73.6 Å². The Labute approximate surface area is 195 Å². The number of halogens is 3. The predicted molar refractivity (Wildman–Crippen MR) is 125 cm³/mol. The van der Waals surface area contributed by atoms with Gasteiger partial charge in [-0.2, -0.15) is 5.10 Å². The highest BCUT2D eigenvalue weighted by molar-refractivity contribution is 6.35. The van der Waals surface area contributed by atoms with Crippen molar-refractivity contribution in [1.29, 1.82) is 0 Å². The first-order chi connectivity index (χ1) is 14.9. The number of benzene rings is 2. The molecule has 158 valence electrons. The predicted octanol–water partition coefficient (Wildman–Crippen LogP) is 5.80. The van der Waals surface area contributed by atoms with Crippen molar-refractivity contribution in [1.82, 2.24) is 19.3 Å². The minimum atomic E-state index is -1.33. The fraction of sp³-hybridized carbons (Fsp3) is 0.130. The Morgan fingerprint density at radius 3 is 2.35 bits per heavy atom. The molecule has 0 aliphatic rings. The van der Waals surface area contributed by atoms with Gasteiger partial charge >= 0.3 is 0 Å². The van der Waals surface area contributed by atoms with Gasteiger partial charge < -0.3 is 9.67 Å². The molecule has 5 nitrogen and oxygen atoms in total. The summed E-state index contributed by atoms with van der Waals surface area (Å²) in [6, 6.07) is 14.7. The van der Waals surface area contributed by atoms with Gasteiger partial charge in [-0.05, 0) is 41.5 Å². The highest BCUT2D eigenvalue weighted by Gasteiger charge is 2.33. The minimum Gasteiger partial charge on any atom is -0.381 e. The van der Waals surface area contributed by atoms with Gasteiger partial charge in [-0.3, -0.25) is 0 Å². The van der Waals surface area contributed by atoms with Crippen LogP contribution >= 0.6 is 34.8 Å². The van der Waals surface area contributed by atoms with E-state index in [9.17, 15) is 5.11 Å².